The van der Waals surface area contributed by atoms with Gasteiger partial charge < -0.3 is 10.6 Å². The number of amidine groups is 1. The lowest BCUT2D eigenvalue weighted by molar-refractivity contribution is 0.0507. The lowest BCUT2D eigenvalue weighted by atomic mass is 10.0. The number of hydrogen-bond donors (Lipinski definition) is 1. The van der Waals surface area contributed by atoms with Crippen molar-refractivity contribution in [2.75, 3.05) is 0 Å². The van der Waals surface area contributed by atoms with Crippen LogP contribution in [0.3, 0.4) is 0 Å². The first-order chi connectivity index (χ1) is 11.3. The minimum Gasteiger partial charge on any atom is -0.384 e. The SMILES string of the molecule is Cc1cccc(F)c1C/C(N)=N/OC(=O)c1cc(C(F)F)n(C)n1. The average molecular weight is 340 g/mol. The van der Waals surface area contributed by atoms with Gasteiger partial charge in [0.1, 0.15) is 17.3 Å². The topological polar surface area (TPSA) is 82.5 Å². The highest BCUT2D eigenvalue weighted by molar-refractivity contribution is 5.89. The second-order valence-corrected chi connectivity index (χ2v) is 5.05. The summed E-state index contributed by atoms with van der Waals surface area (Å²) in [6, 6.07) is 5.45. The third-order valence-electron chi connectivity index (χ3n) is 3.31. The zero-order valence-corrected chi connectivity index (χ0v) is 13.0. The summed E-state index contributed by atoms with van der Waals surface area (Å²) < 4.78 is 39.8. The molecule has 6 nitrogen and oxygen atoms in total. The molecule has 1 aromatic carbocycles. The van der Waals surface area contributed by atoms with Gasteiger partial charge in [-0.25, -0.2) is 18.0 Å². The second kappa shape index (κ2) is 7.16. The van der Waals surface area contributed by atoms with E-state index in [0.29, 0.717) is 11.1 Å². The van der Waals surface area contributed by atoms with Gasteiger partial charge >= 0.3 is 5.97 Å². The summed E-state index contributed by atoms with van der Waals surface area (Å²) in [6.07, 6.45) is -2.84. The highest BCUT2D eigenvalue weighted by Gasteiger charge is 2.20. The molecule has 0 saturated carbocycles. The zero-order chi connectivity index (χ0) is 17.9. The van der Waals surface area contributed by atoms with Crippen molar-refractivity contribution in [2.45, 2.75) is 19.8 Å². The fraction of sp³-hybridized carbons (Fsp3) is 0.267. The number of hydrogen-bond acceptors (Lipinski definition) is 4. The summed E-state index contributed by atoms with van der Waals surface area (Å²) >= 11 is 0. The Labute approximate surface area is 135 Å². The Morgan fingerprint density at radius 3 is 2.75 bits per heavy atom. The van der Waals surface area contributed by atoms with Gasteiger partial charge in [0.15, 0.2) is 5.69 Å². The summed E-state index contributed by atoms with van der Waals surface area (Å²) in [5, 5.41) is 7.02. The van der Waals surface area contributed by atoms with E-state index in [2.05, 4.69) is 15.1 Å². The van der Waals surface area contributed by atoms with E-state index in [0.717, 1.165) is 10.7 Å². The average Bonchev–Trinajstić information content (AvgIpc) is 2.91. The molecule has 0 atom stereocenters. The van der Waals surface area contributed by atoms with Gasteiger partial charge in [0.2, 0.25) is 0 Å². The number of carbonyl (C=O) groups excluding carboxylic acids is 1. The number of rotatable bonds is 5. The van der Waals surface area contributed by atoms with E-state index < -0.39 is 23.9 Å². The summed E-state index contributed by atoms with van der Waals surface area (Å²) in [4.78, 5) is 16.3. The smallest absolute Gasteiger partial charge is 0.384 e. The van der Waals surface area contributed by atoms with Crippen molar-refractivity contribution in [3.05, 3.63) is 52.6 Å². The van der Waals surface area contributed by atoms with Gasteiger partial charge in [-0.05, 0) is 24.1 Å². The van der Waals surface area contributed by atoms with Gasteiger partial charge in [0.25, 0.3) is 6.43 Å². The fourth-order valence-electron chi connectivity index (χ4n) is 2.04. The van der Waals surface area contributed by atoms with Crippen LogP contribution in [0, 0.1) is 12.7 Å². The zero-order valence-electron chi connectivity index (χ0n) is 13.0. The number of aryl methyl sites for hydroxylation is 2. The number of halogens is 3. The third-order valence-corrected chi connectivity index (χ3v) is 3.31. The quantitative estimate of drug-likeness (QED) is 0.392. The van der Waals surface area contributed by atoms with Gasteiger partial charge in [-0.1, -0.05) is 17.3 Å². The fourth-order valence-corrected chi connectivity index (χ4v) is 2.04. The second-order valence-electron chi connectivity index (χ2n) is 5.05. The normalized spacial score (nSPS) is 11.8. The molecule has 1 aromatic heterocycles. The van der Waals surface area contributed by atoms with Crippen LogP contribution in [-0.2, 0) is 18.3 Å². The van der Waals surface area contributed by atoms with Crippen LogP contribution in [0.5, 0.6) is 0 Å². The molecule has 0 aliphatic carbocycles. The number of nitrogens with zero attached hydrogens (tertiary/aromatic N) is 3. The van der Waals surface area contributed by atoms with E-state index in [1.54, 1.807) is 19.1 Å². The van der Waals surface area contributed by atoms with Crippen LogP contribution in [0.25, 0.3) is 0 Å². The number of benzene rings is 1. The maximum atomic E-state index is 13.7. The monoisotopic (exact) mass is 340 g/mol. The molecule has 0 aliphatic rings. The molecule has 0 amide bonds. The summed E-state index contributed by atoms with van der Waals surface area (Å²) in [5.74, 6) is -1.63. The molecule has 2 aromatic rings. The molecule has 0 saturated heterocycles. The Morgan fingerprint density at radius 2 is 2.17 bits per heavy atom. The van der Waals surface area contributed by atoms with Gasteiger partial charge in [0.05, 0.1) is 0 Å². The van der Waals surface area contributed by atoms with Crippen LogP contribution in [0.4, 0.5) is 13.2 Å². The van der Waals surface area contributed by atoms with E-state index in [1.807, 2.05) is 0 Å². The van der Waals surface area contributed by atoms with Crippen molar-refractivity contribution in [3.63, 3.8) is 0 Å². The highest BCUT2D eigenvalue weighted by atomic mass is 19.3. The summed E-state index contributed by atoms with van der Waals surface area (Å²) in [6.45, 7) is 1.71. The minimum absolute atomic E-state index is 0.0592. The molecule has 24 heavy (non-hydrogen) atoms. The molecule has 0 fully saturated rings. The molecular formula is C15H15F3N4O2. The van der Waals surface area contributed by atoms with Crippen LogP contribution in [0.2, 0.25) is 0 Å². The van der Waals surface area contributed by atoms with Gasteiger partial charge in [-0.15, -0.1) is 0 Å². The lowest BCUT2D eigenvalue weighted by Crippen LogP contribution is -2.18. The van der Waals surface area contributed by atoms with E-state index in [-0.39, 0.29) is 18.0 Å². The van der Waals surface area contributed by atoms with Crippen LogP contribution in [0.15, 0.2) is 29.4 Å². The molecule has 2 N–H and O–H groups in total. The molecule has 0 radical (unpaired) electrons. The Kier molecular flexibility index (Phi) is 5.22. The number of oxime groups is 1. The third kappa shape index (κ3) is 3.92. The Balaban J connectivity index is 2.07. The predicted molar refractivity (Wildman–Crippen MR) is 80.0 cm³/mol. The van der Waals surface area contributed by atoms with E-state index in [9.17, 15) is 18.0 Å². The van der Waals surface area contributed by atoms with Crippen molar-refractivity contribution in [1.29, 1.82) is 0 Å². The van der Waals surface area contributed by atoms with Crippen molar-refractivity contribution in [2.24, 2.45) is 17.9 Å². The van der Waals surface area contributed by atoms with Crippen molar-refractivity contribution in [1.82, 2.24) is 9.78 Å². The predicted octanol–water partition coefficient (Wildman–Crippen LogP) is 2.48. The molecule has 0 aliphatic heterocycles. The highest BCUT2D eigenvalue weighted by Crippen LogP contribution is 2.19. The molecule has 128 valence electrons. The molecule has 1 heterocycles. The molecular weight excluding hydrogens is 325 g/mol. The number of aromatic nitrogens is 2. The number of alkyl halides is 2. The van der Waals surface area contributed by atoms with E-state index in [1.165, 1.54) is 13.1 Å². The van der Waals surface area contributed by atoms with Gasteiger partial charge in [-0.3, -0.25) is 4.68 Å². The molecule has 9 heteroatoms. The van der Waals surface area contributed by atoms with Crippen molar-refractivity contribution < 1.29 is 22.8 Å². The van der Waals surface area contributed by atoms with Crippen molar-refractivity contribution in [3.8, 4) is 0 Å². The minimum atomic E-state index is -2.78. The van der Waals surface area contributed by atoms with Gasteiger partial charge in [-0.2, -0.15) is 5.10 Å². The first-order valence-corrected chi connectivity index (χ1v) is 6.89. The Morgan fingerprint density at radius 1 is 1.46 bits per heavy atom. The van der Waals surface area contributed by atoms with Crippen LogP contribution in [0.1, 0.15) is 33.7 Å². The van der Waals surface area contributed by atoms with Crippen LogP contribution >= 0.6 is 0 Å². The number of carbonyl (C=O) groups is 1. The molecule has 2 rings (SSSR count). The van der Waals surface area contributed by atoms with Crippen LogP contribution < -0.4 is 5.73 Å². The van der Waals surface area contributed by atoms with E-state index in [4.69, 9.17) is 5.73 Å². The van der Waals surface area contributed by atoms with Crippen molar-refractivity contribution >= 4 is 11.8 Å². The molecule has 0 spiro atoms. The summed E-state index contributed by atoms with van der Waals surface area (Å²) in [7, 11) is 1.27. The number of nitrogens with two attached hydrogens (primary N) is 1. The Hall–Kier alpha value is -2.84. The largest absolute Gasteiger partial charge is 0.385 e. The maximum Gasteiger partial charge on any atom is 0.385 e. The van der Waals surface area contributed by atoms with Gasteiger partial charge in [0, 0.05) is 19.5 Å². The lowest BCUT2D eigenvalue weighted by Gasteiger charge is -2.06. The Bertz CT molecular complexity index is 767. The molecule has 0 bridgehead atoms. The first kappa shape index (κ1) is 17.5. The maximum absolute atomic E-state index is 13.7. The summed E-state index contributed by atoms with van der Waals surface area (Å²) in [5.41, 5.74) is 5.86. The standard InChI is InChI=1S/C15H15F3N4O2/c1-8-4-3-5-10(16)9(8)6-13(19)21-24-15(23)11-7-12(14(17)18)22(2)20-11/h3-5,7,14H,6H2,1-2H3,(H2,19,21). The van der Waals surface area contributed by atoms with E-state index >= 15 is 0 Å². The molecule has 0 unspecified atom stereocenters. The van der Waals surface area contributed by atoms with Crippen LogP contribution in [-0.4, -0.2) is 21.6 Å². The first-order valence-electron chi connectivity index (χ1n) is 6.89.